The minimum Gasteiger partial charge on any atom is -0.457 e. The zero-order valence-electron chi connectivity index (χ0n) is 16.0. The van der Waals surface area contributed by atoms with Gasteiger partial charge in [-0.3, -0.25) is 19.8 Å². The Kier molecular flexibility index (Phi) is 5.53. The number of aryl methyl sites for hydroxylation is 1. The predicted octanol–water partition coefficient (Wildman–Crippen LogP) is 4.99. The second kappa shape index (κ2) is 8.26. The molecule has 1 saturated heterocycles. The first-order valence-corrected chi connectivity index (χ1v) is 10.1. The van der Waals surface area contributed by atoms with Crippen molar-refractivity contribution in [3.05, 3.63) is 82.6 Å². The smallest absolute Gasteiger partial charge is 0.270 e. The van der Waals surface area contributed by atoms with E-state index in [1.807, 2.05) is 43.3 Å². The molecule has 1 aliphatic heterocycles. The Labute approximate surface area is 183 Å². The van der Waals surface area contributed by atoms with Crippen molar-refractivity contribution >= 4 is 52.5 Å². The maximum Gasteiger partial charge on any atom is 0.270 e. The molecule has 0 spiro atoms. The number of hydrogen-bond acceptors (Lipinski definition) is 4. The van der Waals surface area contributed by atoms with Gasteiger partial charge in [-0.1, -0.05) is 42.8 Å². The van der Waals surface area contributed by atoms with E-state index in [2.05, 4.69) is 5.32 Å². The standard InChI is InChI=1S/C23H17ClN2O3S/c1-2-14-6-8-17(9-7-14)26-22(28)19(21(27)25-23(26)30)13-18-10-11-20(29-18)15-4-3-5-16(24)12-15/h3-13H,2H2,1H3,(H,25,27,30). The van der Waals surface area contributed by atoms with Crippen molar-refractivity contribution in [1.82, 2.24) is 5.32 Å². The van der Waals surface area contributed by atoms with Crippen molar-refractivity contribution in [3.8, 4) is 11.3 Å². The van der Waals surface area contributed by atoms with Crippen molar-refractivity contribution in [3.63, 3.8) is 0 Å². The van der Waals surface area contributed by atoms with Crippen molar-refractivity contribution in [2.24, 2.45) is 0 Å². The molecule has 4 rings (SSSR count). The van der Waals surface area contributed by atoms with Gasteiger partial charge in [-0.05, 0) is 66.7 Å². The number of thiocarbonyl (C=S) groups is 1. The van der Waals surface area contributed by atoms with E-state index in [0.29, 0.717) is 22.2 Å². The van der Waals surface area contributed by atoms with Crippen LogP contribution in [0.15, 0.2) is 70.7 Å². The molecule has 1 fully saturated rings. The third kappa shape index (κ3) is 3.92. The third-order valence-corrected chi connectivity index (χ3v) is 5.25. The van der Waals surface area contributed by atoms with Crippen LogP contribution in [-0.2, 0) is 16.0 Å². The molecule has 0 atom stereocenters. The minimum absolute atomic E-state index is 0.0467. The predicted molar refractivity (Wildman–Crippen MR) is 121 cm³/mol. The van der Waals surface area contributed by atoms with Gasteiger partial charge in [-0.25, -0.2) is 0 Å². The summed E-state index contributed by atoms with van der Waals surface area (Å²) in [5, 5.41) is 3.21. The van der Waals surface area contributed by atoms with Crippen LogP contribution in [0.4, 0.5) is 5.69 Å². The maximum absolute atomic E-state index is 13.1. The van der Waals surface area contributed by atoms with Crippen LogP contribution in [0.2, 0.25) is 5.02 Å². The second-order valence-corrected chi connectivity index (χ2v) is 7.51. The van der Waals surface area contributed by atoms with Crippen molar-refractivity contribution in [2.75, 3.05) is 4.90 Å². The molecule has 1 N–H and O–H groups in total. The number of amides is 2. The fourth-order valence-electron chi connectivity index (χ4n) is 3.14. The Morgan fingerprint density at radius 3 is 2.57 bits per heavy atom. The summed E-state index contributed by atoms with van der Waals surface area (Å²) >= 11 is 11.3. The summed E-state index contributed by atoms with van der Waals surface area (Å²) in [5.74, 6) is -0.117. The molecule has 0 unspecified atom stereocenters. The Bertz CT molecular complexity index is 1180. The second-order valence-electron chi connectivity index (χ2n) is 6.69. The molecule has 150 valence electrons. The van der Waals surface area contributed by atoms with Gasteiger partial charge in [-0.15, -0.1) is 0 Å². The average Bonchev–Trinajstić information content (AvgIpc) is 3.20. The molecule has 5 nitrogen and oxygen atoms in total. The highest BCUT2D eigenvalue weighted by Crippen LogP contribution is 2.27. The van der Waals surface area contributed by atoms with E-state index in [9.17, 15) is 9.59 Å². The lowest BCUT2D eigenvalue weighted by molar-refractivity contribution is -0.122. The molecule has 30 heavy (non-hydrogen) atoms. The van der Waals surface area contributed by atoms with Gasteiger partial charge in [0.1, 0.15) is 17.1 Å². The molecular weight excluding hydrogens is 420 g/mol. The summed E-state index contributed by atoms with van der Waals surface area (Å²) in [7, 11) is 0. The normalized spacial score (nSPS) is 15.6. The SMILES string of the molecule is CCc1ccc(N2C(=O)C(=Cc3ccc(-c4cccc(Cl)c4)o3)C(=O)NC2=S)cc1. The molecule has 0 bridgehead atoms. The van der Waals surface area contributed by atoms with Gasteiger partial charge in [0.15, 0.2) is 5.11 Å². The highest BCUT2D eigenvalue weighted by atomic mass is 35.5. The quantitative estimate of drug-likeness (QED) is 0.355. The van der Waals surface area contributed by atoms with Gasteiger partial charge in [0.05, 0.1) is 5.69 Å². The maximum atomic E-state index is 13.1. The molecule has 1 aliphatic rings. The number of hydrogen-bond donors (Lipinski definition) is 1. The van der Waals surface area contributed by atoms with Gasteiger partial charge < -0.3 is 4.42 Å². The van der Waals surface area contributed by atoms with Crippen LogP contribution < -0.4 is 10.2 Å². The van der Waals surface area contributed by atoms with Crippen molar-refractivity contribution in [1.29, 1.82) is 0 Å². The van der Waals surface area contributed by atoms with E-state index in [-0.39, 0.29) is 10.7 Å². The van der Waals surface area contributed by atoms with Gasteiger partial charge in [-0.2, -0.15) is 0 Å². The van der Waals surface area contributed by atoms with Gasteiger partial charge in [0.2, 0.25) is 0 Å². The number of anilines is 1. The van der Waals surface area contributed by atoms with Crippen molar-refractivity contribution in [2.45, 2.75) is 13.3 Å². The zero-order valence-corrected chi connectivity index (χ0v) is 17.6. The summed E-state index contributed by atoms with van der Waals surface area (Å²) in [4.78, 5) is 26.8. The van der Waals surface area contributed by atoms with Gasteiger partial charge in [0.25, 0.3) is 11.8 Å². The summed E-state index contributed by atoms with van der Waals surface area (Å²) in [6.07, 6.45) is 2.30. The Hall–Kier alpha value is -3.22. The van der Waals surface area contributed by atoms with E-state index in [0.717, 1.165) is 17.5 Å². The molecule has 2 heterocycles. The topological polar surface area (TPSA) is 62.6 Å². The lowest BCUT2D eigenvalue weighted by atomic mass is 10.1. The van der Waals surface area contributed by atoms with Crippen LogP contribution in [0.5, 0.6) is 0 Å². The molecule has 0 saturated carbocycles. The van der Waals surface area contributed by atoms with E-state index in [1.54, 1.807) is 24.3 Å². The number of carbonyl (C=O) groups is 2. The molecule has 2 aromatic carbocycles. The molecule has 7 heteroatoms. The fraction of sp³-hybridized carbons (Fsp3) is 0.0870. The fourth-order valence-corrected chi connectivity index (χ4v) is 3.61. The Morgan fingerprint density at radius 1 is 1.10 bits per heavy atom. The molecule has 0 aliphatic carbocycles. The summed E-state index contributed by atoms with van der Waals surface area (Å²) < 4.78 is 5.80. The summed E-state index contributed by atoms with van der Waals surface area (Å²) in [6.45, 7) is 2.05. The molecule has 2 amide bonds. The first-order chi connectivity index (χ1) is 14.5. The Morgan fingerprint density at radius 2 is 1.87 bits per heavy atom. The highest BCUT2D eigenvalue weighted by Gasteiger charge is 2.34. The van der Waals surface area contributed by atoms with Crippen LogP contribution >= 0.6 is 23.8 Å². The number of rotatable bonds is 4. The third-order valence-electron chi connectivity index (χ3n) is 4.73. The van der Waals surface area contributed by atoms with E-state index in [4.69, 9.17) is 28.2 Å². The molecule has 3 aromatic rings. The first kappa shape index (κ1) is 20.1. The number of carbonyl (C=O) groups excluding carboxylic acids is 2. The van der Waals surface area contributed by atoms with E-state index in [1.165, 1.54) is 11.0 Å². The number of nitrogens with one attached hydrogen (secondary N) is 1. The highest BCUT2D eigenvalue weighted by molar-refractivity contribution is 7.80. The van der Waals surface area contributed by atoms with Crippen LogP contribution in [-0.4, -0.2) is 16.9 Å². The van der Waals surface area contributed by atoms with E-state index >= 15 is 0 Å². The van der Waals surface area contributed by atoms with E-state index < -0.39 is 11.8 Å². The summed E-state index contributed by atoms with van der Waals surface area (Å²) in [5.41, 5.74) is 2.46. The lowest BCUT2D eigenvalue weighted by Crippen LogP contribution is -2.54. The number of nitrogens with zero attached hydrogens (tertiary/aromatic N) is 1. The van der Waals surface area contributed by atoms with Crippen LogP contribution in [0, 0.1) is 0 Å². The van der Waals surface area contributed by atoms with Gasteiger partial charge in [0, 0.05) is 10.6 Å². The molecule has 0 radical (unpaired) electrons. The van der Waals surface area contributed by atoms with Crippen molar-refractivity contribution < 1.29 is 14.0 Å². The lowest BCUT2D eigenvalue weighted by Gasteiger charge is -2.28. The van der Waals surface area contributed by atoms with Gasteiger partial charge >= 0.3 is 0 Å². The number of furan rings is 1. The zero-order chi connectivity index (χ0) is 21.3. The van der Waals surface area contributed by atoms with Crippen LogP contribution in [0.3, 0.4) is 0 Å². The number of benzene rings is 2. The largest absolute Gasteiger partial charge is 0.457 e. The molecular formula is C23H17ClN2O3S. The minimum atomic E-state index is -0.563. The molecule has 1 aromatic heterocycles. The average molecular weight is 437 g/mol. The summed E-state index contributed by atoms with van der Waals surface area (Å²) in [6, 6.07) is 18.1. The monoisotopic (exact) mass is 436 g/mol. The first-order valence-electron chi connectivity index (χ1n) is 9.32. The van der Waals surface area contributed by atoms with Crippen LogP contribution in [0.25, 0.3) is 17.4 Å². The number of halogens is 1. The van der Waals surface area contributed by atoms with Crippen LogP contribution in [0.1, 0.15) is 18.2 Å². The Balaban J connectivity index is 1.66.